The summed E-state index contributed by atoms with van der Waals surface area (Å²) in [7, 11) is 1.34. The zero-order valence-electron chi connectivity index (χ0n) is 10.6. The molecular weight excluding hydrogens is 232 g/mol. The van der Waals surface area contributed by atoms with E-state index in [1.807, 2.05) is 30.3 Å². The van der Waals surface area contributed by atoms with E-state index in [0.717, 1.165) is 5.56 Å². The molecule has 5 nitrogen and oxygen atoms in total. The van der Waals surface area contributed by atoms with Crippen LogP contribution in [-0.4, -0.2) is 25.5 Å². The van der Waals surface area contributed by atoms with E-state index in [2.05, 4.69) is 5.32 Å². The van der Waals surface area contributed by atoms with E-state index < -0.39 is 11.8 Å². The Morgan fingerprint density at radius 1 is 1.33 bits per heavy atom. The van der Waals surface area contributed by atoms with E-state index in [4.69, 9.17) is 10.5 Å². The fourth-order valence-corrected chi connectivity index (χ4v) is 1.78. The first-order valence-electron chi connectivity index (χ1n) is 5.70. The van der Waals surface area contributed by atoms with Gasteiger partial charge in [0.05, 0.1) is 19.6 Å². The zero-order valence-corrected chi connectivity index (χ0v) is 10.6. The molecule has 0 aliphatic heterocycles. The number of benzene rings is 1. The van der Waals surface area contributed by atoms with Crippen LogP contribution in [0, 0.1) is 5.92 Å². The highest BCUT2D eigenvalue weighted by atomic mass is 16.5. The van der Waals surface area contributed by atoms with Crippen molar-refractivity contribution in [2.45, 2.75) is 13.0 Å². The summed E-state index contributed by atoms with van der Waals surface area (Å²) in [5, 5.41) is 2.98. The molecule has 1 aromatic rings. The lowest BCUT2D eigenvalue weighted by molar-refractivity contribution is -0.146. The molecule has 98 valence electrons. The molecule has 5 heteroatoms. The van der Waals surface area contributed by atoms with Gasteiger partial charge in [0.1, 0.15) is 0 Å². The number of ether oxygens (including phenoxy) is 1. The van der Waals surface area contributed by atoms with Gasteiger partial charge in [0.25, 0.3) is 0 Å². The number of primary amides is 1. The average Bonchev–Trinajstić information content (AvgIpc) is 2.38. The predicted octanol–water partition coefficient (Wildman–Crippen LogP) is 0.612. The Kier molecular flexibility index (Phi) is 5.32. The molecule has 0 saturated heterocycles. The van der Waals surface area contributed by atoms with Crippen LogP contribution in [0.25, 0.3) is 0 Å². The van der Waals surface area contributed by atoms with Crippen molar-refractivity contribution in [1.29, 1.82) is 0 Å². The monoisotopic (exact) mass is 250 g/mol. The number of nitrogens with one attached hydrogen (secondary N) is 1. The van der Waals surface area contributed by atoms with Crippen molar-refractivity contribution in [1.82, 2.24) is 5.32 Å². The normalized spacial score (nSPS) is 13.7. The number of hydrogen-bond donors (Lipinski definition) is 2. The molecule has 0 fully saturated rings. The first-order valence-corrected chi connectivity index (χ1v) is 5.70. The fraction of sp³-hybridized carbons (Fsp3) is 0.385. The lowest BCUT2D eigenvalue weighted by atomic mass is 9.94. The van der Waals surface area contributed by atoms with Crippen LogP contribution in [0.2, 0.25) is 0 Å². The lowest BCUT2D eigenvalue weighted by Gasteiger charge is -2.23. The third-order valence-corrected chi connectivity index (χ3v) is 2.73. The maximum absolute atomic E-state index is 11.6. The summed E-state index contributed by atoms with van der Waals surface area (Å²) in [5.41, 5.74) is 6.02. The molecule has 0 radical (unpaired) electrons. The van der Waals surface area contributed by atoms with Crippen LogP contribution in [-0.2, 0) is 14.3 Å². The Bertz CT molecular complexity index is 406. The van der Waals surface area contributed by atoms with Gasteiger partial charge in [-0.25, -0.2) is 0 Å². The minimum absolute atomic E-state index is 0.0148. The molecule has 2 atom stereocenters. The van der Waals surface area contributed by atoms with Gasteiger partial charge in [-0.2, -0.15) is 0 Å². The molecule has 0 aliphatic rings. The third-order valence-electron chi connectivity index (χ3n) is 2.73. The summed E-state index contributed by atoms with van der Waals surface area (Å²) in [6.07, 6.45) is 0. The summed E-state index contributed by atoms with van der Waals surface area (Å²) in [6.45, 7) is 1.76. The summed E-state index contributed by atoms with van der Waals surface area (Å²) in [6, 6.07) is 9.11. The van der Waals surface area contributed by atoms with E-state index in [0.29, 0.717) is 0 Å². The molecule has 0 heterocycles. The van der Waals surface area contributed by atoms with Crippen molar-refractivity contribution in [3.8, 4) is 0 Å². The highest BCUT2D eigenvalue weighted by Crippen LogP contribution is 2.22. The molecule has 1 aromatic carbocycles. The topological polar surface area (TPSA) is 81.4 Å². The minimum Gasteiger partial charge on any atom is -0.469 e. The molecule has 0 spiro atoms. The standard InChI is InChI=1S/C13H18N2O3/c1-9(13(17)18-2)12(15-8-11(14)16)10-6-4-3-5-7-10/h3-7,9,12,15H,8H2,1-2H3,(H2,14,16)/t9-,12-/m0/s1. The maximum atomic E-state index is 11.6. The van der Waals surface area contributed by atoms with E-state index >= 15 is 0 Å². The second-order valence-electron chi connectivity index (χ2n) is 4.05. The van der Waals surface area contributed by atoms with Crippen molar-refractivity contribution in [2.24, 2.45) is 11.7 Å². The summed E-state index contributed by atoms with van der Waals surface area (Å²) < 4.78 is 4.73. The quantitative estimate of drug-likeness (QED) is 0.725. The predicted molar refractivity (Wildman–Crippen MR) is 67.6 cm³/mol. The molecule has 1 rings (SSSR count). The van der Waals surface area contributed by atoms with Crippen LogP contribution in [0.3, 0.4) is 0 Å². The van der Waals surface area contributed by atoms with Gasteiger partial charge in [-0.3, -0.25) is 9.59 Å². The SMILES string of the molecule is COC(=O)[C@@H](C)[C@H](NCC(N)=O)c1ccccc1. The smallest absolute Gasteiger partial charge is 0.310 e. The molecule has 18 heavy (non-hydrogen) atoms. The Balaban J connectivity index is 2.88. The van der Waals surface area contributed by atoms with Crippen molar-refractivity contribution in [3.63, 3.8) is 0 Å². The van der Waals surface area contributed by atoms with Crippen molar-refractivity contribution in [3.05, 3.63) is 35.9 Å². The number of carbonyl (C=O) groups excluding carboxylic acids is 2. The minimum atomic E-state index is -0.465. The van der Waals surface area contributed by atoms with Crippen LogP contribution >= 0.6 is 0 Å². The molecule has 0 saturated carbocycles. The van der Waals surface area contributed by atoms with Gasteiger partial charge < -0.3 is 15.8 Å². The molecule has 0 aromatic heterocycles. The number of esters is 1. The highest BCUT2D eigenvalue weighted by Gasteiger charge is 2.26. The van der Waals surface area contributed by atoms with Crippen LogP contribution < -0.4 is 11.1 Å². The Hall–Kier alpha value is -1.88. The fourth-order valence-electron chi connectivity index (χ4n) is 1.78. The Labute approximate surface area is 106 Å². The summed E-state index contributed by atoms with van der Waals surface area (Å²) in [5.74, 6) is -1.20. The highest BCUT2D eigenvalue weighted by molar-refractivity contribution is 5.76. The Morgan fingerprint density at radius 2 is 1.94 bits per heavy atom. The third kappa shape index (κ3) is 3.85. The second kappa shape index (κ2) is 6.76. The van der Waals surface area contributed by atoms with Crippen molar-refractivity contribution in [2.75, 3.05) is 13.7 Å². The molecule has 0 bridgehead atoms. The lowest BCUT2D eigenvalue weighted by Crippen LogP contribution is -2.37. The van der Waals surface area contributed by atoms with E-state index in [-0.39, 0.29) is 18.6 Å². The van der Waals surface area contributed by atoms with Gasteiger partial charge in [-0.05, 0) is 5.56 Å². The van der Waals surface area contributed by atoms with Gasteiger partial charge in [-0.1, -0.05) is 37.3 Å². The Morgan fingerprint density at radius 3 is 2.44 bits per heavy atom. The van der Waals surface area contributed by atoms with Crippen LogP contribution in [0.4, 0.5) is 0 Å². The van der Waals surface area contributed by atoms with Crippen molar-refractivity contribution < 1.29 is 14.3 Å². The first kappa shape index (κ1) is 14.2. The summed E-state index contributed by atoms with van der Waals surface area (Å²) >= 11 is 0. The molecule has 0 unspecified atom stereocenters. The van der Waals surface area contributed by atoms with Crippen LogP contribution in [0.5, 0.6) is 0 Å². The van der Waals surface area contributed by atoms with Crippen molar-refractivity contribution >= 4 is 11.9 Å². The number of methoxy groups -OCH3 is 1. The number of hydrogen-bond acceptors (Lipinski definition) is 4. The van der Waals surface area contributed by atoms with Gasteiger partial charge in [0.2, 0.25) is 5.91 Å². The van der Waals surface area contributed by atoms with Crippen LogP contribution in [0.15, 0.2) is 30.3 Å². The van der Waals surface area contributed by atoms with Gasteiger partial charge in [0.15, 0.2) is 0 Å². The van der Waals surface area contributed by atoms with Crippen LogP contribution in [0.1, 0.15) is 18.5 Å². The number of nitrogens with two attached hydrogens (primary N) is 1. The second-order valence-corrected chi connectivity index (χ2v) is 4.05. The van der Waals surface area contributed by atoms with Gasteiger partial charge >= 0.3 is 5.97 Å². The average molecular weight is 250 g/mol. The molecule has 1 amide bonds. The van der Waals surface area contributed by atoms with E-state index in [9.17, 15) is 9.59 Å². The van der Waals surface area contributed by atoms with Gasteiger partial charge in [-0.15, -0.1) is 0 Å². The number of rotatable bonds is 6. The number of carbonyl (C=O) groups is 2. The van der Waals surface area contributed by atoms with Gasteiger partial charge in [0, 0.05) is 6.04 Å². The number of amides is 1. The molecule has 0 aliphatic carbocycles. The largest absolute Gasteiger partial charge is 0.469 e. The molecule has 3 N–H and O–H groups in total. The molecular formula is C13H18N2O3. The zero-order chi connectivity index (χ0) is 13.5. The maximum Gasteiger partial charge on any atom is 0.310 e. The van der Waals surface area contributed by atoms with E-state index in [1.54, 1.807) is 6.92 Å². The first-order chi connectivity index (χ1) is 8.56. The summed E-state index contributed by atoms with van der Waals surface area (Å²) in [4.78, 5) is 22.4. The van der Waals surface area contributed by atoms with E-state index in [1.165, 1.54) is 7.11 Å².